The molecule has 7 heteroatoms. The Bertz CT molecular complexity index is 659. The Labute approximate surface area is 145 Å². The number of urea groups is 1. The van der Waals surface area contributed by atoms with Crippen LogP contribution in [0.4, 0.5) is 4.79 Å². The zero-order valence-corrected chi connectivity index (χ0v) is 14.4. The molecule has 1 atom stereocenters. The lowest BCUT2D eigenvalue weighted by molar-refractivity contribution is -0.136. The first-order valence-corrected chi connectivity index (χ1v) is 8.07. The Hall–Kier alpha value is -1.72. The van der Waals surface area contributed by atoms with Crippen LogP contribution in [0.5, 0.6) is 0 Å². The van der Waals surface area contributed by atoms with Crippen molar-refractivity contribution in [3.63, 3.8) is 0 Å². The SMILES string of the molecule is CCCCC1=C(C(=O)OC)C(c2ccc(Cl)c(Cl)c2)NC(=O)N1. The molecule has 1 aliphatic rings. The summed E-state index contributed by atoms with van der Waals surface area (Å²) in [6.45, 7) is 2.04. The highest BCUT2D eigenvalue weighted by molar-refractivity contribution is 6.42. The van der Waals surface area contributed by atoms with Crippen LogP contribution in [-0.2, 0) is 9.53 Å². The van der Waals surface area contributed by atoms with E-state index >= 15 is 0 Å². The lowest BCUT2D eigenvalue weighted by atomic mass is 9.93. The number of hydrogen-bond acceptors (Lipinski definition) is 3. The van der Waals surface area contributed by atoms with Crippen LogP contribution in [0.15, 0.2) is 29.5 Å². The molecule has 0 radical (unpaired) electrons. The van der Waals surface area contributed by atoms with Crippen molar-refractivity contribution in [3.8, 4) is 0 Å². The summed E-state index contributed by atoms with van der Waals surface area (Å²) in [5, 5.41) is 6.22. The number of amides is 2. The standard InChI is InChI=1S/C16H18Cl2N2O3/c1-3-4-5-12-13(15(21)23-2)14(20-16(22)19-12)9-6-7-10(17)11(18)8-9/h6-8,14H,3-5H2,1-2H3,(H2,19,20,22). The van der Waals surface area contributed by atoms with Crippen LogP contribution in [0.2, 0.25) is 10.0 Å². The number of allylic oxidation sites excluding steroid dienone is 1. The molecule has 2 rings (SSSR count). The lowest BCUT2D eigenvalue weighted by Crippen LogP contribution is -2.45. The van der Waals surface area contributed by atoms with Crippen molar-refractivity contribution in [2.75, 3.05) is 7.11 Å². The van der Waals surface area contributed by atoms with Crippen molar-refractivity contribution in [1.29, 1.82) is 0 Å². The van der Waals surface area contributed by atoms with Crippen molar-refractivity contribution in [2.45, 2.75) is 32.2 Å². The van der Waals surface area contributed by atoms with Gasteiger partial charge in [0, 0.05) is 5.70 Å². The minimum absolute atomic E-state index is 0.358. The van der Waals surface area contributed by atoms with E-state index in [2.05, 4.69) is 10.6 Å². The Morgan fingerprint density at radius 2 is 2.04 bits per heavy atom. The summed E-state index contributed by atoms with van der Waals surface area (Å²) in [4.78, 5) is 24.2. The van der Waals surface area contributed by atoms with Crippen molar-refractivity contribution in [1.82, 2.24) is 10.6 Å². The molecular weight excluding hydrogens is 339 g/mol. The molecular formula is C16H18Cl2N2O3. The Morgan fingerprint density at radius 1 is 1.30 bits per heavy atom. The second-order valence-electron chi connectivity index (χ2n) is 5.19. The van der Waals surface area contributed by atoms with Crippen molar-refractivity contribution in [3.05, 3.63) is 45.1 Å². The Balaban J connectivity index is 2.50. The summed E-state index contributed by atoms with van der Waals surface area (Å²) in [5.41, 5.74) is 1.64. The number of benzene rings is 1. The summed E-state index contributed by atoms with van der Waals surface area (Å²) in [6, 6.07) is 4.01. The highest BCUT2D eigenvalue weighted by Gasteiger charge is 2.33. The van der Waals surface area contributed by atoms with Gasteiger partial charge in [-0.25, -0.2) is 9.59 Å². The molecule has 1 heterocycles. The molecule has 0 aliphatic carbocycles. The molecule has 1 aromatic rings. The van der Waals surface area contributed by atoms with E-state index in [0.29, 0.717) is 33.3 Å². The highest BCUT2D eigenvalue weighted by Crippen LogP contribution is 2.32. The van der Waals surface area contributed by atoms with E-state index in [1.165, 1.54) is 7.11 Å². The number of ether oxygens (including phenoxy) is 1. The van der Waals surface area contributed by atoms with Gasteiger partial charge in [0.15, 0.2) is 0 Å². The molecule has 0 saturated carbocycles. The molecule has 2 amide bonds. The smallest absolute Gasteiger partial charge is 0.337 e. The summed E-state index contributed by atoms with van der Waals surface area (Å²) < 4.78 is 4.89. The average Bonchev–Trinajstić information content (AvgIpc) is 2.54. The number of hydrogen-bond donors (Lipinski definition) is 2. The molecule has 1 aromatic carbocycles. The summed E-state index contributed by atoms with van der Waals surface area (Å²) >= 11 is 12.0. The minimum Gasteiger partial charge on any atom is -0.466 e. The van der Waals surface area contributed by atoms with Gasteiger partial charge in [0.05, 0.1) is 28.8 Å². The molecule has 1 unspecified atom stereocenters. The maximum atomic E-state index is 12.3. The van der Waals surface area contributed by atoms with E-state index in [9.17, 15) is 9.59 Å². The van der Waals surface area contributed by atoms with Gasteiger partial charge < -0.3 is 15.4 Å². The first-order valence-electron chi connectivity index (χ1n) is 7.31. The van der Waals surface area contributed by atoms with E-state index in [0.717, 1.165) is 12.8 Å². The van der Waals surface area contributed by atoms with Gasteiger partial charge in [-0.05, 0) is 30.5 Å². The molecule has 1 aliphatic heterocycles. The van der Waals surface area contributed by atoms with Crippen LogP contribution in [0.1, 0.15) is 37.8 Å². The van der Waals surface area contributed by atoms with Crippen molar-refractivity contribution < 1.29 is 14.3 Å². The summed E-state index contributed by atoms with van der Waals surface area (Å²) in [5.74, 6) is -0.486. The molecule has 2 N–H and O–H groups in total. The fourth-order valence-corrected chi connectivity index (χ4v) is 2.77. The number of rotatable bonds is 5. The molecule has 0 saturated heterocycles. The number of carbonyl (C=O) groups excluding carboxylic acids is 2. The van der Waals surface area contributed by atoms with E-state index in [1.54, 1.807) is 18.2 Å². The van der Waals surface area contributed by atoms with Gasteiger partial charge in [0.1, 0.15) is 0 Å². The number of unbranched alkanes of at least 4 members (excludes halogenated alkanes) is 1. The lowest BCUT2D eigenvalue weighted by Gasteiger charge is -2.29. The third-order valence-electron chi connectivity index (χ3n) is 3.62. The normalized spacial score (nSPS) is 17.6. The van der Waals surface area contributed by atoms with Gasteiger partial charge in [0.25, 0.3) is 0 Å². The zero-order chi connectivity index (χ0) is 17.0. The van der Waals surface area contributed by atoms with Crippen LogP contribution in [0, 0.1) is 0 Å². The number of nitrogens with one attached hydrogen (secondary N) is 2. The Morgan fingerprint density at radius 3 is 2.65 bits per heavy atom. The monoisotopic (exact) mass is 356 g/mol. The second kappa shape index (κ2) is 7.70. The first-order chi connectivity index (χ1) is 11.0. The van der Waals surface area contributed by atoms with E-state index in [1.807, 2.05) is 6.92 Å². The maximum absolute atomic E-state index is 12.3. The molecule has 0 bridgehead atoms. The highest BCUT2D eigenvalue weighted by atomic mass is 35.5. The van der Waals surface area contributed by atoms with Gasteiger partial charge in [-0.2, -0.15) is 0 Å². The molecule has 0 fully saturated rings. The van der Waals surface area contributed by atoms with Gasteiger partial charge in [-0.3, -0.25) is 0 Å². The van der Waals surface area contributed by atoms with Crippen LogP contribution < -0.4 is 10.6 Å². The fourth-order valence-electron chi connectivity index (χ4n) is 2.46. The fraction of sp³-hybridized carbons (Fsp3) is 0.375. The Kier molecular flexibility index (Phi) is 5.91. The van der Waals surface area contributed by atoms with Crippen LogP contribution >= 0.6 is 23.2 Å². The second-order valence-corrected chi connectivity index (χ2v) is 6.01. The average molecular weight is 357 g/mol. The molecule has 0 spiro atoms. The third kappa shape index (κ3) is 3.98. The van der Waals surface area contributed by atoms with E-state index in [4.69, 9.17) is 27.9 Å². The van der Waals surface area contributed by atoms with Crippen LogP contribution in [0.25, 0.3) is 0 Å². The summed E-state index contributed by atoms with van der Waals surface area (Å²) in [6.07, 6.45) is 2.38. The van der Waals surface area contributed by atoms with Crippen molar-refractivity contribution >= 4 is 35.2 Å². The minimum atomic E-state index is -0.627. The quantitative estimate of drug-likeness (QED) is 0.784. The van der Waals surface area contributed by atoms with Gasteiger partial charge >= 0.3 is 12.0 Å². The van der Waals surface area contributed by atoms with Crippen LogP contribution in [-0.4, -0.2) is 19.1 Å². The number of esters is 1. The third-order valence-corrected chi connectivity index (χ3v) is 4.36. The molecule has 0 aromatic heterocycles. The molecule has 5 nitrogen and oxygen atoms in total. The first kappa shape index (κ1) is 17.6. The van der Waals surface area contributed by atoms with Gasteiger partial charge in [-0.1, -0.05) is 42.6 Å². The molecule has 124 valence electrons. The number of halogens is 2. The topological polar surface area (TPSA) is 67.4 Å². The predicted molar refractivity (Wildman–Crippen MR) is 89.4 cm³/mol. The summed E-state index contributed by atoms with van der Waals surface area (Å²) in [7, 11) is 1.31. The predicted octanol–water partition coefficient (Wildman–Crippen LogP) is 3.96. The maximum Gasteiger partial charge on any atom is 0.337 e. The van der Waals surface area contributed by atoms with Gasteiger partial charge in [-0.15, -0.1) is 0 Å². The van der Waals surface area contributed by atoms with Crippen molar-refractivity contribution in [2.24, 2.45) is 0 Å². The largest absolute Gasteiger partial charge is 0.466 e. The van der Waals surface area contributed by atoms with E-state index < -0.39 is 12.0 Å². The number of methoxy groups -OCH3 is 1. The van der Waals surface area contributed by atoms with Gasteiger partial charge in [0.2, 0.25) is 0 Å². The van der Waals surface area contributed by atoms with Crippen LogP contribution in [0.3, 0.4) is 0 Å². The zero-order valence-electron chi connectivity index (χ0n) is 12.9. The molecule has 23 heavy (non-hydrogen) atoms. The number of carbonyl (C=O) groups is 2. The van der Waals surface area contributed by atoms with E-state index in [-0.39, 0.29) is 6.03 Å².